The van der Waals surface area contributed by atoms with E-state index >= 15 is 0 Å². The van der Waals surface area contributed by atoms with Gasteiger partial charge in [0.2, 0.25) is 10.0 Å². The van der Waals surface area contributed by atoms with E-state index in [0.717, 1.165) is 0 Å². The maximum absolute atomic E-state index is 11.5. The number of nitrogens with two attached hydrogens (primary N) is 1. The van der Waals surface area contributed by atoms with Crippen LogP contribution in [-0.4, -0.2) is 49.1 Å². The second-order valence-corrected chi connectivity index (χ2v) is 6.05. The van der Waals surface area contributed by atoms with Gasteiger partial charge in [0.05, 0.1) is 5.75 Å². The summed E-state index contributed by atoms with van der Waals surface area (Å²) in [7, 11) is -0.188. The molecular formula is C9H17N5O2S. The van der Waals surface area contributed by atoms with Crippen LogP contribution in [-0.2, 0) is 10.0 Å². The van der Waals surface area contributed by atoms with Gasteiger partial charge in [-0.1, -0.05) is 0 Å². The highest BCUT2D eigenvalue weighted by Crippen LogP contribution is 2.07. The number of rotatable bonds is 5. The normalized spacial score (nSPS) is 11.8. The third kappa shape index (κ3) is 4.16. The quantitative estimate of drug-likeness (QED) is 0.751. The molecule has 0 fully saturated rings. The summed E-state index contributed by atoms with van der Waals surface area (Å²) in [6.45, 7) is 1.99. The lowest BCUT2D eigenvalue weighted by Gasteiger charge is -2.12. The standard InChI is InChI=1S/C9H17N5O2S/c1-7-12-8(10)6-9(13-7)11-4-5-17(15,16)14(2)3/h6H,4-5H2,1-3H3,(H3,10,11,12,13). The van der Waals surface area contributed by atoms with E-state index in [1.807, 2.05) is 0 Å². The van der Waals surface area contributed by atoms with Gasteiger partial charge in [-0.3, -0.25) is 0 Å². The molecule has 1 aromatic heterocycles. The zero-order chi connectivity index (χ0) is 13.1. The predicted octanol–water partition coefficient (Wildman–Crippen LogP) is -0.329. The maximum atomic E-state index is 11.5. The van der Waals surface area contributed by atoms with E-state index in [9.17, 15) is 8.42 Å². The molecule has 0 amide bonds. The molecule has 7 nitrogen and oxygen atoms in total. The number of aryl methyl sites for hydroxylation is 1. The van der Waals surface area contributed by atoms with Crippen LogP contribution in [0.4, 0.5) is 11.6 Å². The highest BCUT2D eigenvalue weighted by atomic mass is 32.2. The molecule has 0 saturated carbocycles. The molecule has 3 N–H and O–H groups in total. The fourth-order valence-corrected chi connectivity index (χ4v) is 1.90. The van der Waals surface area contributed by atoms with Gasteiger partial charge in [0.15, 0.2) is 0 Å². The third-order valence-corrected chi connectivity index (χ3v) is 3.91. The summed E-state index contributed by atoms with van der Waals surface area (Å²) in [6, 6.07) is 1.56. The number of nitrogens with one attached hydrogen (secondary N) is 1. The van der Waals surface area contributed by atoms with Gasteiger partial charge in [-0.05, 0) is 6.92 Å². The van der Waals surface area contributed by atoms with Crippen molar-refractivity contribution in [3.05, 3.63) is 11.9 Å². The maximum Gasteiger partial charge on any atom is 0.215 e. The van der Waals surface area contributed by atoms with Crippen molar-refractivity contribution in [3.63, 3.8) is 0 Å². The summed E-state index contributed by atoms with van der Waals surface area (Å²) in [5.41, 5.74) is 5.55. The van der Waals surface area contributed by atoms with Crippen molar-refractivity contribution < 1.29 is 8.42 Å². The molecule has 0 radical (unpaired) electrons. The van der Waals surface area contributed by atoms with Crippen molar-refractivity contribution >= 4 is 21.7 Å². The van der Waals surface area contributed by atoms with Crippen molar-refractivity contribution in [2.24, 2.45) is 0 Å². The zero-order valence-electron chi connectivity index (χ0n) is 10.1. The Labute approximate surface area is 101 Å². The Kier molecular flexibility index (Phi) is 4.24. The van der Waals surface area contributed by atoms with Crippen LogP contribution < -0.4 is 11.1 Å². The smallest absolute Gasteiger partial charge is 0.215 e. The van der Waals surface area contributed by atoms with E-state index < -0.39 is 10.0 Å². The molecular weight excluding hydrogens is 242 g/mol. The Morgan fingerprint density at radius 3 is 2.59 bits per heavy atom. The average molecular weight is 259 g/mol. The molecule has 17 heavy (non-hydrogen) atoms. The van der Waals surface area contributed by atoms with E-state index in [1.165, 1.54) is 18.4 Å². The van der Waals surface area contributed by atoms with Crippen molar-refractivity contribution in [3.8, 4) is 0 Å². The summed E-state index contributed by atoms with van der Waals surface area (Å²) >= 11 is 0. The highest BCUT2D eigenvalue weighted by Gasteiger charge is 2.12. The van der Waals surface area contributed by atoms with Crippen LogP contribution in [0.2, 0.25) is 0 Å². The van der Waals surface area contributed by atoms with Gasteiger partial charge < -0.3 is 11.1 Å². The minimum Gasteiger partial charge on any atom is -0.384 e. The first-order valence-corrected chi connectivity index (χ1v) is 6.67. The van der Waals surface area contributed by atoms with Gasteiger partial charge in [-0.15, -0.1) is 0 Å². The van der Waals surface area contributed by atoms with Crippen LogP contribution in [0.15, 0.2) is 6.07 Å². The van der Waals surface area contributed by atoms with Crippen LogP contribution in [0.25, 0.3) is 0 Å². The van der Waals surface area contributed by atoms with Crippen LogP contribution in [0.1, 0.15) is 5.82 Å². The molecule has 0 atom stereocenters. The molecule has 1 rings (SSSR count). The largest absolute Gasteiger partial charge is 0.384 e. The van der Waals surface area contributed by atoms with Crippen molar-refractivity contribution in [2.75, 3.05) is 37.4 Å². The second kappa shape index (κ2) is 5.28. The van der Waals surface area contributed by atoms with E-state index in [1.54, 1.807) is 13.0 Å². The number of aromatic nitrogens is 2. The molecule has 1 aromatic rings. The van der Waals surface area contributed by atoms with Crippen molar-refractivity contribution in [1.82, 2.24) is 14.3 Å². The van der Waals surface area contributed by atoms with E-state index in [4.69, 9.17) is 5.73 Å². The first kappa shape index (κ1) is 13.7. The lowest BCUT2D eigenvalue weighted by molar-refractivity contribution is 0.521. The third-order valence-electron chi connectivity index (χ3n) is 2.08. The molecule has 0 aliphatic rings. The van der Waals surface area contributed by atoms with Gasteiger partial charge in [0, 0.05) is 26.7 Å². The number of sulfonamides is 1. The molecule has 8 heteroatoms. The number of hydrogen-bond acceptors (Lipinski definition) is 6. The highest BCUT2D eigenvalue weighted by molar-refractivity contribution is 7.89. The molecule has 0 unspecified atom stereocenters. The predicted molar refractivity (Wildman–Crippen MR) is 67.1 cm³/mol. The van der Waals surface area contributed by atoms with Crippen LogP contribution in [0.3, 0.4) is 0 Å². The minimum atomic E-state index is -3.19. The number of nitrogen functional groups attached to an aromatic ring is 1. The topological polar surface area (TPSA) is 101 Å². The van der Waals surface area contributed by atoms with Gasteiger partial charge in [0.1, 0.15) is 17.5 Å². The van der Waals surface area contributed by atoms with E-state index in [2.05, 4.69) is 15.3 Å². The summed E-state index contributed by atoms with van der Waals surface area (Å²) in [5.74, 6) is 1.44. The Bertz CT molecular complexity index is 466. The van der Waals surface area contributed by atoms with Gasteiger partial charge in [-0.25, -0.2) is 22.7 Å². The summed E-state index contributed by atoms with van der Waals surface area (Å²) in [5, 5.41) is 2.90. The lowest BCUT2D eigenvalue weighted by Crippen LogP contribution is -2.28. The molecule has 0 aliphatic carbocycles. The second-order valence-electron chi connectivity index (χ2n) is 3.75. The zero-order valence-corrected chi connectivity index (χ0v) is 11.0. The Balaban J connectivity index is 2.57. The van der Waals surface area contributed by atoms with Crippen LogP contribution in [0, 0.1) is 6.92 Å². The first-order chi connectivity index (χ1) is 7.81. The molecule has 1 heterocycles. The van der Waals surface area contributed by atoms with E-state index in [-0.39, 0.29) is 12.3 Å². The molecule has 0 aliphatic heterocycles. The molecule has 96 valence electrons. The number of anilines is 2. The molecule has 0 spiro atoms. The fourth-order valence-electron chi connectivity index (χ4n) is 1.17. The van der Waals surface area contributed by atoms with Gasteiger partial charge in [-0.2, -0.15) is 0 Å². The Morgan fingerprint density at radius 1 is 1.41 bits per heavy atom. The first-order valence-electron chi connectivity index (χ1n) is 5.06. The van der Waals surface area contributed by atoms with Gasteiger partial charge >= 0.3 is 0 Å². The summed E-state index contributed by atoms with van der Waals surface area (Å²) in [6.07, 6.45) is 0. The van der Waals surface area contributed by atoms with Crippen LogP contribution in [0.5, 0.6) is 0 Å². The van der Waals surface area contributed by atoms with Gasteiger partial charge in [0.25, 0.3) is 0 Å². The number of hydrogen-bond donors (Lipinski definition) is 2. The van der Waals surface area contributed by atoms with Crippen molar-refractivity contribution in [2.45, 2.75) is 6.92 Å². The molecule has 0 aromatic carbocycles. The van der Waals surface area contributed by atoms with Crippen molar-refractivity contribution in [1.29, 1.82) is 0 Å². The minimum absolute atomic E-state index is 0.00293. The fraction of sp³-hybridized carbons (Fsp3) is 0.556. The van der Waals surface area contributed by atoms with Crippen LogP contribution >= 0.6 is 0 Å². The SMILES string of the molecule is Cc1nc(N)cc(NCCS(=O)(=O)N(C)C)n1. The number of nitrogens with zero attached hydrogens (tertiary/aromatic N) is 3. The molecule has 0 saturated heterocycles. The summed E-state index contributed by atoms with van der Waals surface area (Å²) in [4.78, 5) is 8.01. The Morgan fingerprint density at radius 2 is 2.06 bits per heavy atom. The lowest BCUT2D eigenvalue weighted by atomic mass is 10.5. The van der Waals surface area contributed by atoms with E-state index in [0.29, 0.717) is 17.5 Å². The molecule has 0 bridgehead atoms. The monoisotopic (exact) mass is 259 g/mol. The average Bonchev–Trinajstić information content (AvgIpc) is 2.15. The summed E-state index contributed by atoms with van der Waals surface area (Å²) < 4.78 is 24.2. The Hall–Kier alpha value is -1.41.